The normalized spacial score (nSPS) is 10.8. The average molecular weight is 280 g/mol. The van der Waals surface area contributed by atoms with Gasteiger partial charge in [-0.1, -0.05) is 0 Å². The van der Waals surface area contributed by atoms with Gasteiger partial charge in [-0.05, 0) is 30.3 Å². The van der Waals surface area contributed by atoms with Crippen LogP contribution < -0.4 is 4.74 Å². The van der Waals surface area contributed by atoms with E-state index in [4.69, 9.17) is 4.74 Å². The van der Waals surface area contributed by atoms with Crippen LogP contribution in [0.4, 0.5) is 18.9 Å². The maximum Gasteiger partial charge on any atom is 0.416 e. The van der Waals surface area contributed by atoms with Crippen molar-refractivity contribution < 1.29 is 22.7 Å². The molecule has 1 aromatic carbocycles. The van der Waals surface area contributed by atoms with Gasteiger partial charge in [0, 0.05) is 12.3 Å². The van der Waals surface area contributed by atoms with Crippen LogP contribution >= 0.6 is 0 Å². The molecular weight excluding hydrogens is 273 g/mol. The van der Waals surface area contributed by atoms with E-state index < -0.39 is 11.7 Å². The summed E-state index contributed by atoms with van der Waals surface area (Å²) in [6, 6.07) is 7.50. The molecular formula is C13H7F3N2O2. The van der Waals surface area contributed by atoms with Gasteiger partial charge in [-0.3, -0.25) is 0 Å². The van der Waals surface area contributed by atoms with E-state index in [9.17, 15) is 18.0 Å². The summed E-state index contributed by atoms with van der Waals surface area (Å²) in [5.74, 6) is 0.105. The number of ether oxygens (including phenoxy) is 1. The number of pyridine rings is 1. The first kappa shape index (κ1) is 13.8. The van der Waals surface area contributed by atoms with Gasteiger partial charge in [0.1, 0.15) is 5.75 Å². The molecule has 0 radical (unpaired) electrons. The third kappa shape index (κ3) is 3.43. The summed E-state index contributed by atoms with van der Waals surface area (Å²) in [5, 5.41) is 0. The Labute approximate surface area is 111 Å². The molecule has 2 rings (SSSR count). The van der Waals surface area contributed by atoms with Gasteiger partial charge in [-0.2, -0.15) is 18.2 Å². The van der Waals surface area contributed by atoms with Crippen molar-refractivity contribution in [2.45, 2.75) is 6.18 Å². The number of hydrogen-bond donors (Lipinski definition) is 0. The molecule has 0 spiro atoms. The number of aromatic nitrogens is 1. The molecule has 20 heavy (non-hydrogen) atoms. The fourth-order valence-corrected chi connectivity index (χ4v) is 1.40. The summed E-state index contributed by atoms with van der Waals surface area (Å²) in [4.78, 5) is 17.1. The molecule has 0 unspecified atom stereocenters. The van der Waals surface area contributed by atoms with Crippen LogP contribution in [0.25, 0.3) is 0 Å². The Morgan fingerprint density at radius 2 is 1.85 bits per heavy atom. The van der Waals surface area contributed by atoms with E-state index in [1.165, 1.54) is 30.3 Å². The Hall–Kier alpha value is -2.66. The van der Waals surface area contributed by atoms with Crippen molar-refractivity contribution in [1.82, 2.24) is 4.98 Å². The molecule has 0 aliphatic carbocycles. The zero-order chi connectivity index (χ0) is 14.6. The second-order valence-corrected chi connectivity index (χ2v) is 3.68. The van der Waals surface area contributed by atoms with E-state index in [0.29, 0.717) is 5.69 Å². The van der Waals surface area contributed by atoms with Gasteiger partial charge in [0.15, 0.2) is 0 Å². The SMILES string of the molecule is O=C=Nc1ccc(Oc2cc(C(F)(F)F)ccn2)cc1. The molecule has 1 aromatic heterocycles. The lowest BCUT2D eigenvalue weighted by Crippen LogP contribution is -2.05. The third-order valence-electron chi connectivity index (χ3n) is 2.30. The van der Waals surface area contributed by atoms with Crippen LogP contribution in [-0.4, -0.2) is 11.1 Å². The Morgan fingerprint density at radius 1 is 1.15 bits per heavy atom. The van der Waals surface area contributed by atoms with E-state index in [-0.39, 0.29) is 11.6 Å². The van der Waals surface area contributed by atoms with E-state index in [1.807, 2.05) is 0 Å². The second kappa shape index (κ2) is 5.54. The Balaban J connectivity index is 2.19. The standard InChI is InChI=1S/C13H7F3N2O2/c14-13(15,16)9-5-6-17-12(7-9)20-11-3-1-10(2-4-11)18-8-19/h1-7H. The van der Waals surface area contributed by atoms with Crippen molar-refractivity contribution in [2.24, 2.45) is 4.99 Å². The first-order valence-corrected chi connectivity index (χ1v) is 5.38. The van der Waals surface area contributed by atoms with Crippen molar-refractivity contribution >= 4 is 11.8 Å². The fraction of sp³-hybridized carbons (Fsp3) is 0.0769. The number of nitrogens with zero attached hydrogens (tertiary/aromatic N) is 2. The molecule has 4 nitrogen and oxygen atoms in total. The third-order valence-corrected chi connectivity index (χ3v) is 2.30. The largest absolute Gasteiger partial charge is 0.439 e. The molecule has 102 valence electrons. The molecule has 0 fully saturated rings. The maximum atomic E-state index is 12.5. The smallest absolute Gasteiger partial charge is 0.416 e. The number of carbonyl (C=O) groups excluding carboxylic acids is 1. The topological polar surface area (TPSA) is 51.5 Å². The molecule has 0 N–H and O–H groups in total. The van der Waals surface area contributed by atoms with Crippen molar-refractivity contribution in [2.75, 3.05) is 0 Å². The highest BCUT2D eigenvalue weighted by atomic mass is 19.4. The van der Waals surface area contributed by atoms with E-state index in [2.05, 4.69) is 9.98 Å². The minimum atomic E-state index is -4.45. The highest BCUT2D eigenvalue weighted by Crippen LogP contribution is 2.31. The zero-order valence-electron chi connectivity index (χ0n) is 9.89. The summed E-state index contributed by atoms with van der Waals surface area (Å²) in [5.41, 5.74) is -0.478. The lowest BCUT2D eigenvalue weighted by atomic mass is 10.2. The highest BCUT2D eigenvalue weighted by Gasteiger charge is 2.30. The minimum absolute atomic E-state index is 0.175. The lowest BCUT2D eigenvalue weighted by molar-refractivity contribution is -0.137. The number of hydrogen-bond acceptors (Lipinski definition) is 4. The highest BCUT2D eigenvalue weighted by molar-refractivity contribution is 5.50. The number of benzene rings is 1. The van der Waals surface area contributed by atoms with Gasteiger partial charge < -0.3 is 4.74 Å². The average Bonchev–Trinajstić information content (AvgIpc) is 2.41. The minimum Gasteiger partial charge on any atom is -0.439 e. The van der Waals surface area contributed by atoms with Gasteiger partial charge in [-0.15, -0.1) is 0 Å². The molecule has 0 atom stereocenters. The quantitative estimate of drug-likeness (QED) is 0.633. The van der Waals surface area contributed by atoms with E-state index in [1.54, 1.807) is 0 Å². The number of rotatable bonds is 3. The van der Waals surface area contributed by atoms with Crippen LogP contribution in [0.3, 0.4) is 0 Å². The summed E-state index contributed by atoms with van der Waals surface area (Å²) >= 11 is 0. The van der Waals surface area contributed by atoms with Gasteiger partial charge in [-0.25, -0.2) is 9.78 Å². The summed E-state index contributed by atoms with van der Waals surface area (Å²) < 4.78 is 42.7. The van der Waals surface area contributed by atoms with Crippen LogP contribution in [0, 0.1) is 0 Å². The Bertz CT molecular complexity index is 647. The second-order valence-electron chi connectivity index (χ2n) is 3.68. The summed E-state index contributed by atoms with van der Waals surface area (Å²) in [6.07, 6.45) is -2.06. The van der Waals surface area contributed by atoms with Crippen LogP contribution in [0.2, 0.25) is 0 Å². The molecule has 0 bridgehead atoms. The maximum absolute atomic E-state index is 12.5. The molecule has 0 amide bonds. The molecule has 0 saturated carbocycles. The number of alkyl halides is 3. The molecule has 0 aliphatic heterocycles. The molecule has 0 saturated heterocycles. The summed E-state index contributed by atoms with van der Waals surface area (Å²) in [7, 11) is 0. The number of halogens is 3. The molecule has 1 heterocycles. The Kier molecular flexibility index (Phi) is 3.81. The summed E-state index contributed by atoms with van der Waals surface area (Å²) in [6.45, 7) is 0. The van der Waals surface area contributed by atoms with Gasteiger partial charge >= 0.3 is 6.18 Å². The molecule has 2 aromatic rings. The van der Waals surface area contributed by atoms with Crippen molar-refractivity contribution in [3.63, 3.8) is 0 Å². The van der Waals surface area contributed by atoms with E-state index >= 15 is 0 Å². The number of isocyanates is 1. The van der Waals surface area contributed by atoms with E-state index in [0.717, 1.165) is 18.3 Å². The lowest BCUT2D eigenvalue weighted by Gasteiger charge is -2.09. The van der Waals surface area contributed by atoms with Crippen LogP contribution in [-0.2, 0) is 11.0 Å². The van der Waals surface area contributed by atoms with Crippen molar-refractivity contribution in [3.8, 4) is 11.6 Å². The van der Waals surface area contributed by atoms with Crippen LogP contribution in [0.5, 0.6) is 11.6 Å². The number of aliphatic imine (C=N–C) groups is 1. The van der Waals surface area contributed by atoms with Gasteiger partial charge in [0.05, 0.1) is 11.3 Å². The van der Waals surface area contributed by atoms with Gasteiger partial charge in [0.2, 0.25) is 12.0 Å². The van der Waals surface area contributed by atoms with Crippen molar-refractivity contribution in [1.29, 1.82) is 0 Å². The monoisotopic (exact) mass is 280 g/mol. The zero-order valence-corrected chi connectivity index (χ0v) is 9.89. The molecule has 7 heteroatoms. The first-order valence-electron chi connectivity index (χ1n) is 5.38. The fourth-order valence-electron chi connectivity index (χ4n) is 1.40. The predicted octanol–water partition coefficient (Wildman–Crippen LogP) is 3.86. The first-order chi connectivity index (χ1) is 9.49. The Morgan fingerprint density at radius 3 is 2.45 bits per heavy atom. The van der Waals surface area contributed by atoms with Crippen LogP contribution in [0.1, 0.15) is 5.56 Å². The van der Waals surface area contributed by atoms with Crippen LogP contribution in [0.15, 0.2) is 47.6 Å². The predicted molar refractivity (Wildman–Crippen MR) is 63.5 cm³/mol. The van der Waals surface area contributed by atoms with Crippen molar-refractivity contribution in [3.05, 3.63) is 48.2 Å². The van der Waals surface area contributed by atoms with Gasteiger partial charge in [0.25, 0.3) is 0 Å². The molecule has 0 aliphatic rings.